The molecule has 0 aromatic heterocycles. The van der Waals surface area contributed by atoms with E-state index in [0.717, 1.165) is 29.4 Å². The van der Waals surface area contributed by atoms with Gasteiger partial charge in [0.05, 0.1) is 12.1 Å². The number of benzene rings is 1. The molecule has 2 unspecified atom stereocenters. The summed E-state index contributed by atoms with van der Waals surface area (Å²) in [5, 5.41) is 13.2. The second kappa shape index (κ2) is 4.54. The number of hydrogen-bond acceptors (Lipinski definition) is 2. The molecule has 1 fully saturated rings. The van der Waals surface area contributed by atoms with Gasteiger partial charge in [-0.2, -0.15) is 0 Å². The lowest BCUT2D eigenvalue weighted by Gasteiger charge is -2.19. The molecule has 2 rings (SSSR count). The molecule has 15 heavy (non-hydrogen) atoms. The van der Waals surface area contributed by atoms with Crippen molar-refractivity contribution < 1.29 is 5.11 Å². The van der Waals surface area contributed by atoms with Crippen molar-refractivity contribution >= 4 is 21.6 Å². The van der Waals surface area contributed by atoms with Crippen molar-refractivity contribution in [3.8, 4) is 0 Å². The highest BCUT2D eigenvalue weighted by Crippen LogP contribution is 2.28. The van der Waals surface area contributed by atoms with E-state index in [1.54, 1.807) is 0 Å². The van der Waals surface area contributed by atoms with Gasteiger partial charge >= 0.3 is 0 Å². The maximum absolute atomic E-state index is 9.74. The zero-order valence-electron chi connectivity index (χ0n) is 8.83. The molecule has 1 saturated carbocycles. The van der Waals surface area contributed by atoms with E-state index in [0.29, 0.717) is 0 Å². The highest BCUT2D eigenvalue weighted by molar-refractivity contribution is 9.10. The Morgan fingerprint density at radius 1 is 1.40 bits per heavy atom. The second-order valence-corrected chi connectivity index (χ2v) is 5.02. The van der Waals surface area contributed by atoms with Gasteiger partial charge in [0.1, 0.15) is 0 Å². The van der Waals surface area contributed by atoms with Crippen molar-refractivity contribution in [3.63, 3.8) is 0 Å². The number of halogens is 1. The van der Waals surface area contributed by atoms with Gasteiger partial charge in [0.2, 0.25) is 0 Å². The molecule has 0 saturated heterocycles. The first kappa shape index (κ1) is 11.0. The molecule has 0 amide bonds. The van der Waals surface area contributed by atoms with Crippen LogP contribution in [0.1, 0.15) is 24.8 Å². The number of nitrogens with one attached hydrogen (secondary N) is 1. The second-order valence-electron chi connectivity index (χ2n) is 4.16. The molecule has 1 aromatic carbocycles. The summed E-state index contributed by atoms with van der Waals surface area (Å²) in [5.41, 5.74) is 2.33. The van der Waals surface area contributed by atoms with Crippen LogP contribution in [0.4, 0.5) is 5.69 Å². The Bertz CT molecular complexity index is 353. The van der Waals surface area contributed by atoms with Gasteiger partial charge in [-0.1, -0.05) is 22.0 Å². The van der Waals surface area contributed by atoms with E-state index in [1.165, 1.54) is 5.56 Å². The number of anilines is 1. The normalized spacial score (nSPS) is 25.5. The third kappa shape index (κ3) is 2.34. The van der Waals surface area contributed by atoms with Gasteiger partial charge in [-0.3, -0.25) is 0 Å². The van der Waals surface area contributed by atoms with Crippen LogP contribution in [0.3, 0.4) is 0 Å². The molecule has 82 valence electrons. The third-order valence-electron chi connectivity index (χ3n) is 3.09. The maximum atomic E-state index is 9.74. The fourth-order valence-corrected chi connectivity index (χ4v) is 2.44. The molecule has 2 atom stereocenters. The summed E-state index contributed by atoms with van der Waals surface area (Å²) >= 11 is 3.51. The summed E-state index contributed by atoms with van der Waals surface area (Å²) in [5.74, 6) is 0. The fourth-order valence-electron chi connectivity index (χ4n) is 2.07. The maximum Gasteiger partial charge on any atom is 0.0741 e. The standard InChI is InChI=1S/C12H16BrNO/c1-8-9(13)4-2-5-10(8)14-11-6-3-7-12(11)15/h2,4-5,11-12,14-15H,3,6-7H2,1H3. The number of aliphatic hydroxyl groups is 1. The van der Waals surface area contributed by atoms with Crippen molar-refractivity contribution in [2.75, 3.05) is 5.32 Å². The number of aliphatic hydroxyl groups excluding tert-OH is 1. The highest BCUT2D eigenvalue weighted by atomic mass is 79.9. The summed E-state index contributed by atoms with van der Waals surface area (Å²) in [6.45, 7) is 2.08. The third-order valence-corrected chi connectivity index (χ3v) is 3.95. The molecule has 0 bridgehead atoms. The molecule has 3 heteroatoms. The monoisotopic (exact) mass is 269 g/mol. The van der Waals surface area contributed by atoms with Gasteiger partial charge in [-0.05, 0) is 43.9 Å². The first-order valence-electron chi connectivity index (χ1n) is 5.38. The molecule has 0 spiro atoms. The van der Waals surface area contributed by atoms with Crippen LogP contribution in [0.25, 0.3) is 0 Å². The minimum absolute atomic E-state index is 0.191. The summed E-state index contributed by atoms with van der Waals surface area (Å²) in [7, 11) is 0. The van der Waals surface area contributed by atoms with Crippen molar-refractivity contribution in [1.82, 2.24) is 0 Å². The Balaban J connectivity index is 2.13. The quantitative estimate of drug-likeness (QED) is 0.865. The van der Waals surface area contributed by atoms with E-state index < -0.39 is 0 Å². The molecule has 2 N–H and O–H groups in total. The lowest BCUT2D eigenvalue weighted by atomic mass is 10.1. The van der Waals surface area contributed by atoms with E-state index in [4.69, 9.17) is 0 Å². The smallest absolute Gasteiger partial charge is 0.0741 e. The van der Waals surface area contributed by atoms with Crippen molar-refractivity contribution in [2.45, 2.75) is 38.3 Å². The molecule has 0 radical (unpaired) electrons. The molecule has 0 heterocycles. The zero-order chi connectivity index (χ0) is 10.8. The van der Waals surface area contributed by atoms with E-state index in [1.807, 2.05) is 12.1 Å². The average Bonchev–Trinajstić information content (AvgIpc) is 2.60. The highest BCUT2D eigenvalue weighted by Gasteiger charge is 2.25. The van der Waals surface area contributed by atoms with Crippen LogP contribution in [-0.4, -0.2) is 17.3 Å². The van der Waals surface area contributed by atoms with E-state index in [2.05, 4.69) is 34.2 Å². The zero-order valence-corrected chi connectivity index (χ0v) is 10.4. The Kier molecular flexibility index (Phi) is 3.32. The molecule has 1 aliphatic carbocycles. The lowest BCUT2D eigenvalue weighted by molar-refractivity contribution is 0.172. The van der Waals surface area contributed by atoms with Crippen LogP contribution >= 0.6 is 15.9 Å². The summed E-state index contributed by atoms with van der Waals surface area (Å²) in [6.07, 6.45) is 2.91. The average molecular weight is 270 g/mol. The predicted molar refractivity (Wildman–Crippen MR) is 66.1 cm³/mol. The van der Waals surface area contributed by atoms with Crippen LogP contribution < -0.4 is 5.32 Å². The first-order valence-corrected chi connectivity index (χ1v) is 6.17. The van der Waals surface area contributed by atoms with Crippen LogP contribution in [0.15, 0.2) is 22.7 Å². The predicted octanol–water partition coefficient (Wildman–Crippen LogP) is 3.08. The number of hydrogen-bond donors (Lipinski definition) is 2. The van der Waals surface area contributed by atoms with Crippen LogP contribution in [0.2, 0.25) is 0 Å². The van der Waals surface area contributed by atoms with Crippen molar-refractivity contribution in [3.05, 3.63) is 28.2 Å². The first-order chi connectivity index (χ1) is 7.18. The Labute approximate surface area is 98.8 Å². The largest absolute Gasteiger partial charge is 0.391 e. The van der Waals surface area contributed by atoms with Crippen LogP contribution in [0.5, 0.6) is 0 Å². The fraction of sp³-hybridized carbons (Fsp3) is 0.500. The molecule has 1 aliphatic rings. The number of rotatable bonds is 2. The molecule has 0 aliphatic heterocycles. The van der Waals surface area contributed by atoms with E-state index in [-0.39, 0.29) is 12.1 Å². The van der Waals surface area contributed by atoms with E-state index >= 15 is 0 Å². The summed E-state index contributed by atoms with van der Waals surface area (Å²) in [6, 6.07) is 6.33. The minimum atomic E-state index is -0.191. The Morgan fingerprint density at radius 2 is 2.20 bits per heavy atom. The van der Waals surface area contributed by atoms with Gasteiger partial charge in [0.15, 0.2) is 0 Å². The van der Waals surface area contributed by atoms with E-state index in [9.17, 15) is 5.11 Å². The van der Waals surface area contributed by atoms with Crippen LogP contribution in [0, 0.1) is 6.92 Å². The van der Waals surface area contributed by atoms with Crippen LogP contribution in [-0.2, 0) is 0 Å². The molecular weight excluding hydrogens is 254 g/mol. The SMILES string of the molecule is Cc1c(Br)cccc1NC1CCCC1O. The van der Waals surface area contributed by atoms with Gasteiger partial charge in [0.25, 0.3) is 0 Å². The summed E-state index contributed by atoms with van der Waals surface area (Å²) < 4.78 is 1.11. The van der Waals surface area contributed by atoms with Crippen molar-refractivity contribution in [2.24, 2.45) is 0 Å². The van der Waals surface area contributed by atoms with Gasteiger partial charge in [-0.15, -0.1) is 0 Å². The van der Waals surface area contributed by atoms with Gasteiger partial charge in [-0.25, -0.2) is 0 Å². The topological polar surface area (TPSA) is 32.3 Å². The lowest BCUT2D eigenvalue weighted by Crippen LogP contribution is -2.28. The van der Waals surface area contributed by atoms with Gasteiger partial charge < -0.3 is 10.4 Å². The molecular formula is C12H16BrNO. The molecule has 2 nitrogen and oxygen atoms in total. The van der Waals surface area contributed by atoms with Crippen molar-refractivity contribution in [1.29, 1.82) is 0 Å². The Hall–Kier alpha value is -0.540. The minimum Gasteiger partial charge on any atom is -0.391 e. The summed E-state index contributed by atoms with van der Waals surface area (Å²) in [4.78, 5) is 0. The molecule has 1 aromatic rings. The van der Waals surface area contributed by atoms with Gasteiger partial charge in [0, 0.05) is 10.2 Å². The Morgan fingerprint density at radius 3 is 2.87 bits per heavy atom.